The first kappa shape index (κ1) is 19.6. The summed E-state index contributed by atoms with van der Waals surface area (Å²) >= 11 is 0. The Kier molecular flexibility index (Phi) is 6.08. The van der Waals surface area contributed by atoms with Crippen molar-refractivity contribution < 1.29 is 27.8 Å². The Morgan fingerprint density at radius 3 is 2.79 bits per heavy atom. The zero-order valence-electron chi connectivity index (χ0n) is 15.2. The second kappa shape index (κ2) is 8.69. The summed E-state index contributed by atoms with van der Waals surface area (Å²) in [7, 11) is 0. The van der Waals surface area contributed by atoms with Gasteiger partial charge in [-0.2, -0.15) is 8.78 Å². The molecule has 2 aromatic carbocycles. The SMILES string of the molecule is CCCNC(=O)[C@@H]1CN(C(=O)c2cccc(OC(F)F)c2)c2ccccc2O1. The summed E-state index contributed by atoms with van der Waals surface area (Å²) in [6.07, 6.45) is -0.0971. The zero-order chi connectivity index (χ0) is 20.1. The highest BCUT2D eigenvalue weighted by Crippen LogP contribution is 2.34. The van der Waals surface area contributed by atoms with Crippen molar-refractivity contribution in [2.75, 3.05) is 18.0 Å². The van der Waals surface area contributed by atoms with E-state index >= 15 is 0 Å². The molecule has 0 bridgehead atoms. The number of hydrogen-bond acceptors (Lipinski definition) is 4. The molecular weight excluding hydrogens is 370 g/mol. The van der Waals surface area contributed by atoms with Gasteiger partial charge in [-0.25, -0.2) is 0 Å². The van der Waals surface area contributed by atoms with E-state index in [-0.39, 0.29) is 23.8 Å². The Balaban J connectivity index is 1.88. The fourth-order valence-electron chi connectivity index (χ4n) is 2.89. The van der Waals surface area contributed by atoms with Crippen LogP contribution in [0.2, 0.25) is 0 Å². The first-order valence-electron chi connectivity index (χ1n) is 8.89. The van der Waals surface area contributed by atoms with Gasteiger partial charge >= 0.3 is 6.61 Å². The van der Waals surface area contributed by atoms with Crippen molar-refractivity contribution in [3.63, 3.8) is 0 Å². The molecule has 2 amide bonds. The van der Waals surface area contributed by atoms with Crippen LogP contribution in [-0.4, -0.2) is 37.6 Å². The number of alkyl halides is 2. The van der Waals surface area contributed by atoms with Crippen molar-refractivity contribution >= 4 is 17.5 Å². The molecular formula is C20H20F2N2O4. The Bertz CT molecular complexity index is 860. The van der Waals surface area contributed by atoms with E-state index in [1.165, 1.54) is 29.2 Å². The van der Waals surface area contributed by atoms with E-state index in [2.05, 4.69) is 10.1 Å². The molecule has 1 heterocycles. The first-order chi connectivity index (χ1) is 13.5. The van der Waals surface area contributed by atoms with Crippen molar-refractivity contribution in [3.8, 4) is 11.5 Å². The third-order valence-electron chi connectivity index (χ3n) is 4.17. The fraction of sp³-hybridized carbons (Fsp3) is 0.300. The van der Waals surface area contributed by atoms with E-state index in [0.717, 1.165) is 6.42 Å². The van der Waals surface area contributed by atoms with Crippen molar-refractivity contribution in [2.45, 2.75) is 26.1 Å². The van der Waals surface area contributed by atoms with Gasteiger partial charge in [0, 0.05) is 12.1 Å². The largest absolute Gasteiger partial charge is 0.477 e. The number of fused-ring (bicyclic) bond motifs is 1. The van der Waals surface area contributed by atoms with Gasteiger partial charge in [-0.1, -0.05) is 25.1 Å². The quantitative estimate of drug-likeness (QED) is 0.823. The van der Waals surface area contributed by atoms with Gasteiger partial charge in [0.05, 0.1) is 12.2 Å². The van der Waals surface area contributed by atoms with Crippen LogP contribution in [0.25, 0.3) is 0 Å². The zero-order valence-corrected chi connectivity index (χ0v) is 15.2. The van der Waals surface area contributed by atoms with Gasteiger partial charge in [0.2, 0.25) is 0 Å². The molecule has 0 aromatic heterocycles. The van der Waals surface area contributed by atoms with Crippen molar-refractivity contribution in [3.05, 3.63) is 54.1 Å². The summed E-state index contributed by atoms with van der Waals surface area (Å²) in [5.74, 6) is -0.467. The maximum Gasteiger partial charge on any atom is 0.387 e. The molecule has 148 valence electrons. The van der Waals surface area contributed by atoms with Crippen molar-refractivity contribution in [1.29, 1.82) is 0 Å². The Morgan fingerprint density at radius 1 is 1.25 bits per heavy atom. The lowest BCUT2D eigenvalue weighted by Gasteiger charge is -2.34. The molecule has 1 aliphatic heterocycles. The second-order valence-corrected chi connectivity index (χ2v) is 6.19. The first-order valence-corrected chi connectivity index (χ1v) is 8.89. The molecule has 0 saturated carbocycles. The Labute approximate surface area is 161 Å². The lowest BCUT2D eigenvalue weighted by molar-refractivity contribution is -0.127. The maximum atomic E-state index is 13.1. The lowest BCUT2D eigenvalue weighted by atomic mass is 10.1. The van der Waals surface area contributed by atoms with Crippen LogP contribution in [0, 0.1) is 0 Å². The molecule has 0 unspecified atom stereocenters. The molecule has 28 heavy (non-hydrogen) atoms. The highest BCUT2D eigenvalue weighted by atomic mass is 19.3. The minimum Gasteiger partial charge on any atom is -0.477 e. The van der Waals surface area contributed by atoms with E-state index in [0.29, 0.717) is 18.0 Å². The minimum absolute atomic E-state index is 0.00528. The van der Waals surface area contributed by atoms with E-state index in [9.17, 15) is 18.4 Å². The summed E-state index contributed by atoms with van der Waals surface area (Å²) < 4.78 is 35.1. The van der Waals surface area contributed by atoms with Gasteiger partial charge in [-0.3, -0.25) is 9.59 Å². The number of carbonyl (C=O) groups is 2. The number of nitrogens with one attached hydrogen (secondary N) is 1. The fourth-order valence-corrected chi connectivity index (χ4v) is 2.89. The molecule has 3 rings (SSSR count). The topological polar surface area (TPSA) is 67.9 Å². The number of amides is 2. The van der Waals surface area contributed by atoms with Crippen molar-refractivity contribution in [1.82, 2.24) is 5.32 Å². The van der Waals surface area contributed by atoms with Crippen LogP contribution in [0.15, 0.2) is 48.5 Å². The maximum absolute atomic E-state index is 13.1. The minimum atomic E-state index is -2.99. The molecule has 1 aliphatic rings. The van der Waals surface area contributed by atoms with E-state index in [1.54, 1.807) is 24.3 Å². The van der Waals surface area contributed by atoms with E-state index < -0.39 is 18.6 Å². The van der Waals surface area contributed by atoms with Crippen LogP contribution in [-0.2, 0) is 4.79 Å². The predicted molar refractivity (Wildman–Crippen MR) is 98.9 cm³/mol. The number of anilines is 1. The molecule has 6 nitrogen and oxygen atoms in total. The van der Waals surface area contributed by atoms with Crippen LogP contribution in [0.1, 0.15) is 23.7 Å². The summed E-state index contributed by atoms with van der Waals surface area (Å²) in [5.41, 5.74) is 0.676. The number of benzene rings is 2. The van der Waals surface area contributed by atoms with Crippen LogP contribution in [0.5, 0.6) is 11.5 Å². The molecule has 1 atom stereocenters. The van der Waals surface area contributed by atoms with Gasteiger partial charge < -0.3 is 19.7 Å². The van der Waals surface area contributed by atoms with Gasteiger partial charge in [0.1, 0.15) is 11.5 Å². The number of para-hydroxylation sites is 2. The molecule has 8 heteroatoms. The number of carbonyl (C=O) groups excluding carboxylic acids is 2. The predicted octanol–water partition coefficient (Wildman–Crippen LogP) is 3.22. The molecule has 0 fully saturated rings. The summed E-state index contributed by atoms with van der Waals surface area (Å²) in [5, 5.41) is 2.76. The van der Waals surface area contributed by atoms with Gasteiger partial charge in [-0.05, 0) is 36.8 Å². The monoisotopic (exact) mass is 390 g/mol. The van der Waals surface area contributed by atoms with Crippen molar-refractivity contribution in [2.24, 2.45) is 0 Å². The van der Waals surface area contributed by atoms with E-state index in [4.69, 9.17) is 4.74 Å². The highest BCUT2D eigenvalue weighted by Gasteiger charge is 2.34. The molecule has 0 saturated heterocycles. The Hall–Kier alpha value is -3.16. The van der Waals surface area contributed by atoms with Crippen LogP contribution < -0.4 is 19.7 Å². The molecule has 0 spiro atoms. The molecule has 2 aromatic rings. The number of nitrogens with zero attached hydrogens (tertiary/aromatic N) is 1. The molecule has 0 aliphatic carbocycles. The van der Waals surface area contributed by atoms with Crippen LogP contribution >= 0.6 is 0 Å². The molecule has 0 radical (unpaired) electrons. The number of hydrogen-bond donors (Lipinski definition) is 1. The Morgan fingerprint density at radius 2 is 2.04 bits per heavy atom. The average molecular weight is 390 g/mol. The van der Waals surface area contributed by atoms with Crippen LogP contribution in [0.4, 0.5) is 14.5 Å². The lowest BCUT2D eigenvalue weighted by Crippen LogP contribution is -2.50. The van der Waals surface area contributed by atoms with Gasteiger partial charge in [0.15, 0.2) is 6.10 Å². The second-order valence-electron chi connectivity index (χ2n) is 6.19. The summed E-state index contributed by atoms with van der Waals surface area (Å²) in [4.78, 5) is 26.9. The third kappa shape index (κ3) is 4.39. The smallest absolute Gasteiger partial charge is 0.387 e. The van der Waals surface area contributed by atoms with E-state index in [1.807, 2.05) is 6.92 Å². The average Bonchev–Trinajstić information content (AvgIpc) is 2.70. The van der Waals surface area contributed by atoms with Crippen LogP contribution in [0.3, 0.4) is 0 Å². The molecule has 1 N–H and O–H groups in total. The van der Waals surface area contributed by atoms with Gasteiger partial charge in [0.25, 0.3) is 11.8 Å². The summed E-state index contributed by atoms with van der Waals surface area (Å²) in [6, 6.07) is 12.4. The summed E-state index contributed by atoms with van der Waals surface area (Å²) in [6.45, 7) is -0.546. The third-order valence-corrected chi connectivity index (χ3v) is 4.17. The number of ether oxygens (including phenoxy) is 2. The number of rotatable bonds is 6. The van der Waals surface area contributed by atoms with Gasteiger partial charge in [-0.15, -0.1) is 0 Å². The highest BCUT2D eigenvalue weighted by molar-refractivity contribution is 6.08. The number of halogens is 2. The standard InChI is InChI=1S/C20H20F2N2O4/c1-2-10-23-18(25)17-12-24(15-8-3-4-9-16(15)28-17)19(26)13-6-5-7-14(11-13)27-20(21)22/h3-9,11,17,20H,2,10,12H2,1H3,(H,23,25)/t17-/m0/s1. The normalized spacial score (nSPS) is 15.6.